The highest BCUT2D eigenvalue weighted by molar-refractivity contribution is 7.89. The zero-order valence-electron chi connectivity index (χ0n) is 10.8. The maximum absolute atomic E-state index is 13.5. The lowest BCUT2D eigenvalue weighted by Crippen LogP contribution is -2.28. The van der Waals surface area contributed by atoms with Crippen LogP contribution in [0.3, 0.4) is 0 Å². The van der Waals surface area contributed by atoms with Crippen LogP contribution in [0, 0.1) is 17.5 Å². The van der Waals surface area contributed by atoms with Crippen molar-refractivity contribution in [1.82, 2.24) is 9.71 Å². The monoisotopic (exact) mass is 316 g/mol. The van der Waals surface area contributed by atoms with Gasteiger partial charge in [-0.05, 0) is 24.6 Å². The van der Waals surface area contributed by atoms with Gasteiger partial charge >= 0.3 is 0 Å². The van der Waals surface area contributed by atoms with Gasteiger partial charge in [-0.25, -0.2) is 26.3 Å². The quantitative estimate of drug-likeness (QED) is 0.882. The standard InChI is InChI=1S/C13H11F3N2O2S/c1-8(9-3-2-4-17-7-9)18-21(19,20)13-6-11(15)10(14)5-12(13)16/h2-8,18H,1H3/t8-/m0/s1. The highest BCUT2D eigenvalue weighted by Gasteiger charge is 2.24. The van der Waals surface area contributed by atoms with Crippen molar-refractivity contribution in [3.05, 3.63) is 59.7 Å². The van der Waals surface area contributed by atoms with Crippen molar-refractivity contribution in [2.24, 2.45) is 0 Å². The summed E-state index contributed by atoms with van der Waals surface area (Å²) in [6, 6.07) is 3.03. The summed E-state index contributed by atoms with van der Waals surface area (Å²) < 4.78 is 65.7. The molecule has 1 aromatic heterocycles. The van der Waals surface area contributed by atoms with Crippen LogP contribution in [0.15, 0.2) is 41.6 Å². The molecular weight excluding hydrogens is 305 g/mol. The van der Waals surface area contributed by atoms with Crippen LogP contribution in [0.4, 0.5) is 13.2 Å². The molecule has 0 bridgehead atoms. The fourth-order valence-electron chi connectivity index (χ4n) is 1.71. The van der Waals surface area contributed by atoms with Gasteiger partial charge in [0, 0.05) is 24.5 Å². The van der Waals surface area contributed by atoms with Gasteiger partial charge in [0.25, 0.3) is 0 Å². The molecule has 1 N–H and O–H groups in total. The van der Waals surface area contributed by atoms with E-state index in [-0.39, 0.29) is 6.07 Å². The van der Waals surface area contributed by atoms with Crippen molar-refractivity contribution in [1.29, 1.82) is 0 Å². The predicted molar refractivity (Wildman–Crippen MR) is 69.3 cm³/mol. The minimum Gasteiger partial charge on any atom is -0.264 e. The van der Waals surface area contributed by atoms with Crippen molar-refractivity contribution in [3.63, 3.8) is 0 Å². The van der Waals surface area contributed by atoms with Crippen molar-refractivity contribution < 1.29 is 21.6 Å². The summed E-state index contributed by atoms with van der Waals surface area (Å²) in [5.41, 5.74) is 0.545. The van der Waals surface area contributed by atoms with E-state index in [4.69, 9.17) is 0 Å². The number of rotatable bonds is 4. The minimum atomic E-state index is -4.34. The van der Waals surface area contributed by atoms with Gasteiger partial charge in [-0.15, -0.1) is 0 Å². The Kier molecular flexibility index (Phi) is 4.29. The van der Waals surface area contributed by atoms with Gasteiger partial charge in [0.2, 0.25) is 10.0 Å². The van der Waals surface area contributed by atoms with Gasteiger partial charge in [0.15, 0.2) is 11.6 Å². The lowest BCUT2D eigenvalue weighted by atomic mass is 10.2. The maximum atomic E-state index is 13.5. The number of aromatic nitrogens is 1. The van der Waals surface area contributed by atoms with Crippen LogP contribution in [-0.4, -0.2) is 13.4 Å². The van der Waals surface area contributed by atoms with E-state index >= 15 is 0 Å². The predicted octanol–water partition coefficient (Wildman–Crippen LogP) is 2.54. The van der Waals surface area contributed by atoms with Crippen LogP contribution in [0.25, 0.3) is 0 Å². The molecule has 21 heavy (non-hydrogen) atoms. The Bertz CT molecular complexity index is 752. The van der Waals surface area contributed by atoms with Crippen LogP contribution in [0.5, 0.6) is 0 Å². The topological polar surface area (TPSA) is 59.1 Å². The fraction of sp³-hybridized carbons (Fsp3) is 0.154. The molecule has 0 unspecified atom stereocenters. The summed E-state index contributed by atoms with van der Waals surface area (Å²) in [5.74, 6) is -4.25. The van der Waals surface area contributed by atoms with Crippen LogP contribution >= 0.6 is 0 Å². The van der Waals surface area contributed by atoms with E-state index in [1.807, 2.05) is 0 Å². The Morgan fingerprint density at radius 2 is 1.81 bits per heavy atom. The van der Waals surface area contributed by atoms with E-state index < -0.39 is 38.4 Å². The summed E-state index contributed by atoms with van der Waals surface area (Å²) >= 11 is 0. The average molecular weight is 316 g/mol. The lowest BCUT2D eigenvalue weighted by Gasteiger charge is -2.14. The van der Waals surface area contributed by atoms with E-state index in [1.165, 1.54) is 19.3 Å². The van der Waals surface area contributed by atoms with Crippen molar-refractivity contribution in [2.75, 3.05) is 0 Å². The Hall–Kier alpha value is -1.93. The fourth-order valence-corrected chi connectivity index (χ4v) is 3.01. The Labute approximate surface area is 119 Å². The van der Waals surface area contributed by atoms with Crippen LogP contribution in [-0.2, 0) is 10.0 Å². The van der Waals surface area contributed by atoms with Crippen LogP contribution < -0.4 is 4.72 Å². The molecule has 0 radical (unpaired) electrons. The summed E-state index contributed by atoms with van der Waals surface area (Å²) in [6.07, 6.45) is 2.95. The largest absolute Gasteiger partial charge is 0.264 e. The summed E-state index contributed by atoms with van der Waals surface area (Å²) in [5, 5.41) is 0. The first-order chi connectivity index (χ1) is 9.81. The maximum Gasteiger partial charge on any atom is 0.244 e. The van der Waals surface area contributed by atoms with E-state index in [0.29, 0.717) is 11.6 Å². The first-order valence-corrected chi connectivity index (χ1v) is 7.36. The van der Waals surface area contributed by atoms with Gasteiger partial charge in [-0.1, -0.05) is 6.07 Å². The van der Waals surface area contributed by atoms with Gasteiger partial charge in [0.1, 0.15) is 10.7 Å². The molecular formula is C13H11F3N2O2S. The third-order valence-corrected chi connectivity index (χ3v) is 4.34. The highest BCUT2D eigenvalue weighted by atomic mass is 32.2. The molecule has 0 aliphatic rings. The van der Waals surface area contributed by atoms with Crippen molar-refractivity contribution in [2.45, 2.75) is 17.9 Å². The summed E-state index contributed by atoms with van der Waals surface area (Å²) in [6.45, 7) is 1.52. The third kappa shape index (κ3) is 3.40. The zero-order valence-corrected chi connectivity index (χ0v) is 11.7. The summed E-state index contributed by atoms with van der Waals surface area (Å²) in [4.78, 5) is 2.89. The Morgan fingerprint density at radius 1 is 1.14 bits per heavy atom. The molecule has 0 amide bonds. The van der Waals surface area contributed by atoms with Gasteiger partial charge in [0.05, 0.1) is 0 Å². The first-order valence-electron chi connectivity index (χ1n) is 5.88. The van der Waals surface area contributed by atoms with Gasteiger partial charge in [-0.3, -0.25) is 4.98 Å². The number of nitrogens with zero attached hydrogens (tertiary/aromatic N) is 1. The molecule has 0 aliphatic carbocycles. The summed E-state index contributed by atoms with van der Waals surface area (Å²) in [7, 11) is -4.34. The molecule has 112 valence electrons. The Morgan fingerprint density at radius 3 is 2.43 bits per heavy atom. The van der Waals surface area contributed by atoms with E-state index in [2.05, 4.69) is 9.71 Å². The second-order valence-corrected chi connectivity index (χ2v) is 6.01. The van der Waals surface area contributed by atoms with Gasteiger partial charge in [-0.2, -0.15) is 0 Å². The number of hydrogen-bond acceptors (Lipinski definition) is 3. The molecule has 1 heterocycles. The van der Waals surface area contributed by atoms with E-state index in [9.17, 15) is 21.6 Å². The number of pyridine rings is 1. The van der Waals surface area contributed by atoms with Gasteiger partial charge < -0.3 is 0 Å². The number of halogens is 3. The second kappa shape index (κ2) is 5.82. The van der Waals surface area contributed by atoms with Crippen LogP contribution in [0.1, 0.15) is 18.5 Å². The molecule has 0 saturated carbocycles. The lowest BCUT2D eigenvalue weighted by molar-refractivity contribution is 0.480. The molecule has 2 rings (SSSR count). The smallest absolute Gasteiger partial charge is 0.244 e. The molecule has 1 aromatic carbocycles. The number of hydrogen-bond donors (Lipinski definition) is 1. The molecule has 0 saturated heterocycles. The Balaban J connectivity index is 2.33. The number of nitrogens with one attached hydrogen (secondary N) is 1. The van der Waals surface area contributed by atoms with Crippen molar-refractivity contribution in [3.8, 4) is 0 Å². The first kappa shape index (κ1) is 15.5. The number of benzene rings is 1. The molecule has 0 aliphatic heterocycles. The normalized spacial score (nSPS) is 13.1. The third-order valence-electron chi connectivity index (χ3n) is 2.78. The van der Waals surface area contributed by atoms with E-state index in [0.717, 1.165) is 0 Å². The SMILES string of the molecule is C[C@H](NS(=O)(=O)c1cc(F)c(F)cc1F)c1cccnc1. The molecule has 8 heteroatoms. The van der Waals surface area contributed by atoms with E-state index in [1.54, 1.807) is 12.1 Å². The highest BCUT2D eigenvalue weighted by Crippen LogP contribution is 2.21. The minimum absolute atomic E-state index is 0.193. The average Bonchev–Trinajstić information content (AvgIpc) is 2.43. The molecule has 0 spiro atoms. The zero-order chi connectivity index (χ0) is 15.6. The molecule has 2 aromatic rings. The molecule has 1 atom stereocenters. The molecule has 0 fully saturated rings. The number of sulfonamides is 1. The second-order valence-electron chi connectivity index (χ2n) is 4.33. The molecule has 4 nitrogen and oxygen atoms in total. The van der Waals surface area contributed by atoms with Crippen LogP contribution in [0.2, 0.25) is 0 Å². The van der Waals surface area contributed by atoms with Crippen molar-refractivity contribution >= 4 is 10.0 Å².